The molecule has 2 aromatic rings. The Balaban J connectivity index is 1.74. The predicted octanol–water partition coefficient (Wildman–Crippen LogP) is 3.07. The minimum absolute atomic E-state index is 0.0762. The standard InChI is InChI=1S/C14H16N2OS/c17-10-3-1-9(2-4-10)13-14-11(5-6-18-14)12-7-15-8-16(12)13/h5-10,13,17H,1-4H2/t9-,10+,13?. The molecule has 0 radical (unpaired) electrons. The number of thiophene rings is 1. The Morgan fingerprint density at radius 3 is 2.94 bits per heavy atom. The number of fused-ring (bicyclic) bond motifs is 3. The lowest BCUT2D eigenvalue weighted by molar-refractivity contribution is 0.0991. The first-order valence-electron chi connectivity index (χ1n) is 6.62. The zero-order chi connectivity index (χ0) is 12.1. The fourth-order valence-electron chi connectivity index (χ4n) is 3.48. The maximum absolute atomic E-state index is 9.66. The van der Waals surface area contributed by atoms with Crippen molar-refractivity contribution in [1.82, 2.24) is 9.55 Å². The molecule has 1 atom stereocenters. The zero-order valence-corrected chi connectivity index (χ0v) is 10.9. The van der Waals surface area contributed by atoms with E-state index in [4.69, 9.17) is 0 Å². The molecular formula is C14H16N2OS. The second-order valence-corrected chi connectivity index (χ2v) is 6.35. The lowest BCUT2D eigenvalue weighted by Crippen LogP contribution is -2.25. The van der Waals surface area contributed by atoms with Gasteiger partial charge in [0, 0.05) is 10.4 Å². The molecule has 3 nitrogen and oxygen atoms in total. The summed E-state index contributed by atoms with van der Waals surface area (Å²) in [6, 6.07) is 2.68. The fraction of sp³-hybridized carbons (Fsp3) is 0.500. The second-order valence-electron chi connectivity index (χ2n) is 5.40. The van der Waals surface area contributed by atoms with Crippen LogP contribution in [0.4, 0.5) is 0 Å². The molecule has 4 heteroatoms. The van der Waals surface area contributed by atoms with E-state index in [0.29, 0.717) is 12.0 Å². The lowest BCUT2D eigenvalue weighted by Gasteiger charge is -2.30. The summed E-state index contributed by atoms with van der Waals surface area (Å²) in [4.78, 5) is 5.79. The van der Waals surface area contributed by atoms with Crippen LogP contribution in [0.5, 0.6) is 0 Å². The van der Waals surface area contributed by atoms with Gasteiger partial charge in [0.2, 0.25) is 0 Å². The third-order valence-corrected chi connectivity index (χ3v) is 5.38. The minimum atomic E-state index is -0.0762. The molecule has 0 spiro atoms. The molecule has 1 saturated carbocycles. The number of aromatic nitrogens is 2. The fourth-order valence-corrected chi connectivity index (χ4v) is 4.58. The van der Waals surface area contributed by atoms with Gasteiger partial charge in [-0.3, -0.25) is 0 Å². The molecule has 3 heterocycles. The van der Waals surface area contributed by atoms with E-state index in [0.717, 1.165) is 25.7 Å². The number of aliphatic hydroxyl groups excluding tert-OH is 1. The van der Waals surface area contributed by atoms with Crippen molar-refractivity contribution in [3.8, 4) is 11.3 Å². The highest BCUT2D eigenvalue weighted by atomic mass is 32.1. The van der Waals surface area contributed by atoms with Gasteiger partial charge in [0.15, 0.2) is 0 Å². The van der Waals surface area contributed by atoms with Crippen molar-refractivity contribution >= 4 is 11.3 Å². The summed E-state index contributed by atoms with van der Waals surface area (Å²) in [6.45, 7) is 0. The van der Waals surface area contributed by atoms with Crippen LogP contribution in [0.3, 0.4) is 0 Å². The molecule has 2 aliphatic rings. The van der Waals surface area contributed by atoms with E-state index in [1.807, 2.05) is 23.9 Å². The number of nitrogens with zero attached hydrogens (tertiary/aromatic N) is 2. The number of hydrogen-bond acceptors (Lipinski definition) is 3. The SMILES string of the molecule is O[C@H]1CC[C@@H](C2c3sccc3-c3cncn32)CC1. The first-order valence-corrected chi connectivity index (χ1v) is 7.50. The van der Waals surface area contributed by atoms with Gasteiger partial charge >= 0.3 is 0 Å². The van der Waals surface area contributed by atoms with Gasteiger partial charge in [-0.2, -0.15) is 0 Å². The molecule has 1 fully saturated rings. The van der Waals surface area contributed by atoms with E-state index in [2.05, 4.69) is 21.0 Å². The number of imidazole rings is 1. The van der Waals surface area contributed by atoms with Crippen molar-refractivity contribution in [3.63, 3.8) is 0 Å². The molecule has 18 heavy (non-hydrogen) atoms. The van der Waals surface area contributed by atoms with Crippen LogP contribution in [0.15, 0.2) is 24.0 Å². The molecule has 0 aromatic carbocycles. The van der Waals surface area contributed by atoms with Crippen LogP contribution in [0.25, 0.3) is 11.3 Å². The molecule has 2 aromatic heterocycles. The normalized spacial score (nSPS) is 30.2. The van der Waals surface area contributed by atoms with Gasteiger partial charge < -0.3 is 9.67 Å². The summed E-state index contributed by atoms with van der Waals surface area (Å²) in [7, 11) is 0. The number of hydrogen-bond donors (Lipinski definition) is 1. The van der Waals surface area contributed by atoms with Gasteiger partial charge in [0.1, 0.15) is 0 Å². The van der Waals surface area contributed by atoms with E-state index in [1.54, 1.807) is 0 Å². The first kappa shape index (κ1) is 10.8. The van der Waals surface area contributed by atoms with E-state index in [-0.39, 0.29) is 6.10 Å². The first-order chi connectivity index (χ1) is 8.84. The summed E-state index contributed by atoms with van der Waals surface area (Å²) in [5, 5.41) is 11.9. The van der Waals surface area contributed by atoms with Gasteiger partial charge in [0.25, 0.3) is 0 Å². The van der Waals surface area contributed by atoms with Crippen molar-refractivity contribution in [2.45, 2.75) is 37.8 Å². The van der Waals surface area contributed by atoms with Crippen LogP contribution in [-0.2, 0) is 0 Å². The van der Waals surface area contributed by atoms with Gasteiger partial charge in [-0.1, -0.05) is 0 Å². The number of aliphatic hydroxyl groups is 1. The van der Waals surface area contributed by atoms with Gasteiger partial charge in [-0.15, -0.1) is 11.3 Å². The molecular weight excluding hydrogens is 244 g/mol. The summed E-state index contributed by atoms with van der Waals surface area (Å²) in [5.74, 6) is 0.654. The molecule has 94 valence electrons. The van der Waals surface area contributed by atoms with Crippen molar-refractivity contribution in [2.75, 3.05) is 0 Å². The van der Waals surface area contributed by atoms with E-state index in [1.165, 1.54) is 16.1 Å². The maximum atomic E-state index is 9.66. The lowest BCUT2D eigenvalue weighted by atomic mass is 9.82. The van der Waals surface area contributed by atoms with Crippen molar-refractivity contribution in [1.29, 1.82) is 0 Å². The molecule has 1 aliphatic carbocycles. The molecule has 0 amide bonds. The Hall–Kier alpha value is -1.13. The second kappa shape index (κ2) is 3.93. The summed E-state index contributed by atoms with van der Waals surface area (Å²) in [6.07, 6.45) is 8.02. The van der Waals surface area contributed by atoms with Crippen LogP contribution < -0.4 is 0 Å². The quantitative estimate of drug-likeness (QED) is 0.855. The van der Waals surface area contributed by atoms with Crippen LogP contribution in [0.2, 0.25) is 0 Å². The third-order valence-electron chi connectivity index (χ3n) is 4.39. The van der Waals surface area contributed by atoms with Crippen molar-refractivity contribution in [2.24, 2.45) is 5.92 Å². The predicted molar refractivity (Wildman–Crippen MR) is 71.6 cm³/mol. The highest BCUT2D eigenvalue weighted by Gasteiger charge is 2.36. The van der Waals surface area contributed by atoms with Crippen LogP contribution in [0, 0.1) is 5.92 Å². The highest BCUT2D eigenvalue weighted by Crippen LogP contribution is 2.49. The van der Waals surface area contributed by atoms with Crippen molar-refractivity contribution < 1.29 is 5.11 Å². The van der Waals surface area contributed by atoms with Crippen molar-refractivity contribution in [3.05, 3.63) is 28.8 Å². The average Bonchev–Trinajstić information content (AvgIpc) is 3.03. The Bertz CT molecular complexity index is 526. The molecule has 1 unspecified atom stereocenters. The number of rotatable bonds is 1. The van der Waals surface area contributed by atoms with Gasteiger partial charge in [-0.05, 0) is 43.0 Å². The Labute approximate surface area is 110 Å². The molecule has 0 saturated heterocycles. The third kappa shape index (κ3) is 1.42. The van der Waals surface area contributed by atoms with E-state index >= 15 is 0 Å². The molecule has 1 N–H and O–H groups in total. The molecule has 4 rings (SSSR count). The molecule has 0 bridgehead atoms. The smallest absolute Gasteiger partial charge is 0.0957 e. The van der Waals surface area contributed by atoms with Crippen LogP contribution in [-0.4, -0.2) is 20.8 Å². The Kier molecular flexibility index (Phi) is 2.35. The maximum Gasteiger partial charge on any atom is 0.0957 e. The summed E-state index contributed by atoms with van der Waals surface area (Å²) in [5.41, 5.74) is 2.64. The highest BCUT2D eigenvalue weighted by molar-refractivity contribution is 7.10. The van der Waals surface area contributed by atoms with Gasteiger partial charge in [0.05, 0.1) is 30.4 Å². The minimum Gasteiger partial charge on any atom is -0.393 e. The Morgan fingerprint density at radius 1 is 1.28 bits per heavy atom. The summed E-state index contributed by atoms with van der Waals surface area (Å²) >= 11 is 1.86. The van der Waals surface area contributed by atoms with E-state index in [9.17, 15) is 5.11 Å². The monoisotopic (exact) mass is 260 g/mol. The van der Waals surface area contributed by atoms with Crippen LogP contribution >= 0.6 is 11.3 Å². The zero-order valence-electron chi connectivity index (χ0n) is 10.1. The average molecular weight is 260 g/mol. The van der Waals surface area contributed by atoms with Crippen LogP contribution in [0.1, 0.15) is 36.6 Å². The van der Waals surface area contributed by atoms with Gasteiger partial charge in [-0.25, -0.2) is 4.98 Å². The largest absolute Gasteiger partial charge is 0.393 e. The summed E-state index contributed by atoms with van der Waals surface area (Å²) < 4.78 is 2.34. The topological polar surface area (TPSA) is 38.1 Å². The van der Waals surface area contributed by atoms with E-state index < -0.39 is 0 Å². The Morgan fingerprint density at radius 2 is 2.11 bits per heavy atom. The molecule has 1 aliphatic heterocycles.